The van der Waals surface area contributed by atoms with Crippen molar-refractivity contribution >= 4 is 0 Å². The highest BCUT2D eigenvalue weighted by Gasteiger charge is 2.13. The summed E-state index contributed by atoms with van der Waals surface area (Å²) >= 11 is 0. The zero-order chi connectivity index (χ0) is 13.8. The molecule has 0 saturated carbocycles. The molecule has 0 aliphatic rings. The molecule has 2 aromatic rings. The lowest BCUT2D eigenvalue weighted by Crippen LogP contribution is -2.10. The maximum absolute atomic E-state index is 3.18. The second kappa shape index (κ2) is 6.65. The van der Waals surface area contributed by atoms with E-state index in [0.717, 1.165) is 0 Å². The maximum atomic E-state index is 3.18. The van der Waals surface area contributed by atoms with Crippen LogP contribution in [0.2, 0.25) is 0 Å². The Morgan fingerprint density at radius 2 is 1.47 bits per heavy atom. The molecule has 0 atom stereocenters. The highest BCUT2D eigenvalue weighted by Crippen LogP contribution is 2.20. The highest BCUT2D eigenvalue weighted by atomic mass is 14.7. The number of hydrogen-bond acceptors (Lipinski definition) is 0. The molecule has 108 valence electrons. The summed E-state index contributed by atoms with van der Waals surface area (Å²) in [6.07, 6.45) is 5.96. The van der Waals surface area contributed by atoms with Crippen molar-refractivity contribution in [2.45, 2.75) is 59.8 Å². The third kappa shape index (κ3) is 5.82. The van der Waals surface area contributed by atoms with Crippen LogP contribution in [0.15, 0.2) is 36.8 Å². The number of hydrogen-bond donors (Lipinski definition) is 2. The minimum Gasteiger partial charge on any atom is -0.367 e. The van der Waals surface area contributed by atoms with Crippen LogP contribution in [-0.2, 0) is 10.8 Å². The van der Waals surface area contributed by atoms with E-state index in [4.69, 9.17) is 0 Å². The molecular formula is C17H30N2. The molecule has 0 spiro atoms. The predicted octanol–water partition coefficient (Wildman–Crippen LogP) is 5.26. The maximum Gasteiger partial charge on any atom is 0.0201 e. The van der Waals surface area contributed by atoms with Crippen molar-refractivity contribution in [3.8, 4) is 0 Å². The first kappa shape index (κ1) is 17.6. The Bertz CT molecular complexity index is 378. The van der Waals surface area contributed by atoms with Crippen LogP contribution < -0.4 is 0 Å². The van der Waals surface area contributed by atoms with Gasteiger partial charge in [0.1, 0.15) is 0 Å². The molecule has 2 N–H and O–H groups in total. The number of aromatic nitrogens is 2. The first-order valence-electron chi connectivity index (χ1n) is 6.48. The predicted molar refractivity (Wildman–Crippen MR) is 85.7 cm³/mol. The van der Waals surface area contributed by atoms with E-state index in [0.29, 0.717) is 5.41 Å². The van der Waals surface area contributed by atoms with E-state index in [1.54, 1.807) is 0 Å². The van der Waals surface area contributed by atoms with E-state index in [1.807, 2.05) is 24.7 Å². The molecule has 0 radical (unpaired) electrons. The Morgan fingerprint density at radius 3 is 1.68 bits per heavy atom. The smallest absolute Gasteiger partial charge is 0.0201 e. The lowest BCUT2D eigenvalue weighted by atomic mass is 9.89. The Kier molecular flexibility index (Phi) is 6.14. The van der Waals surface area contributed by atoms with Gasteiger partial charge in [0.05, 0.1) is 0 Å². The van der Waals surface area contributed by atoms with E-state index in [-0.39, 0.29) is 12.8 Å². The quantitative estimate of drug-likeness (QED) is 0.649. The van der Waals surface area contributed by atoms with Gasteiger partial charge in [-0.05, 0) is 29.2 Å². The van der Waals surface area contributed by atoms with Gasteiger partial charge >= 0.3 is 0 Å². The molecule has 0 amide bonds. The van der Waals surface area contributed by atoms with Crippen LogP contribution in [0.25, 0.3) is 0 Å². The number of nitrogens with one attached hydrogen (secondary N) is 2. The summed E-state index contributed by atoms with van der Waals surface area (Å²) in [7, 11) is 0. The van der Waals surface area contributed by atoms with Gasteiger partial charge in [-0.1, -0.05) is 49.0 Å². The number of aromatic amines is 2. The molecule has 0 fully saturated rings. The standard InChI is InChI=1S/2C8H13N.CH4/c1-8(2,3)7-4-5-9-6-7;1-8(2,3)7-5-4-6-9-7;/h2*4-6,9H,1-3H3;1H4. The van der Waals surface area contributed by atoms with Crippen molar-refractivity contribution in [2.24, 2.45) is 0 Å². The van der Waals surface area contributed by atoms with Crippen molar-refractivity contribution in [3.63, 3.8) is 0 Å². The van der Waals surface area contributed by atoms with Crippen molar-refractivity contribution in [1.29, 1.82) is 0 Å². The fourth-order valence-electron chi connectivity index (χ4n) is 1.59. The van der Waals surface area contributed by atoms with Gasteiger partial charge in [0, 0.05) is 29.7 Å². The molecule has 0 unspecified atom stereocenters. The van der Waals surface area contributed by atoms with Gasteiger partial charge in [-0.25, -0.2) is 0 Å². The molecule has 0 aliphatic carbocycles. The van der Waals surface area contributed by atoms with Crippen LogP contribution in [-0.4, -0.2) is 9.97 Å². The Labute approximate surface area is 118 Å². The molecular weight excluding hydrogens is 232 g/mol. The van der Waals surface area contributed by atoms with Crippen molar-refractivity contribution in [2.75, 3.05) is 0 Å². The van der Waals surface area contributed by atoms with Crippen LogP contribution >= 0.6 is 0 Å². The Balaban J connectivity index is 0.000000324. The monoisotopic (exact) mass is 262 g/mol. The van der Waals surface area contributed by atoms with Gasteiger partial charge in [0.25, 0.3) is 0 Å². The average Bonchev–Trinajstić information content (AvgIpc) is 2.91. The van der Waals surface area contributed by atoms with Crippen LogP contribution in [0, 0.1) is 0 Å². The normalized spacial score (nSPS) is 11.3. The van der Waals surface area contributed by atoms with Gasteiger partial charge in [-0.15, -0.1) is 0 Å². The van der Waals surface area contributed by atoms with Crippen LogP contribution in [0.3, 0.4) is 0 Å². The van der Waals surface area contributed by atoms with Crippen LogP contribution in [0.5, 0.6) is 0 Å². The van der Waals surface area contributed by atoms with Crippen LogP contribution in [0.1, 0.15) is 60.2 Å². The van der Waals surface area contributed by atoms with E-state index >= 15 is 0 Å². The minimum atomic E-state index is 0. The average molecular weight is 262 g/mol. The fourth-order valence-corrected chi connectivity index (χ4v) is 1.59. The van der Waals surface area contributed by atoms with E-state index in [1.165, 1.54) is 11.3 Å². The fraction of sp³-hybridized carbons (Fsp3) is 0.529. The molecule has 2 rings (SSSR count). The number of H-pyrrole nitrogens is 2. The van der Waals surface area contributed by atoms with Gasteiger partial charge in [-0.3, -0.25) is 0 Å². The summed E-state index contributed by atoms with van der Waals surface area (Å²) in [5.74, 6) is 0. The lowest BCUT2D eigenvalue weighted by molar-refractivity contribution is 0.573. The van der Waals surface area contributed by atoms with Crippen molar-refractivity contribution in [3.05, 3.63) is 48.0 Å². The third-order valence-electron chi connectivity index (χ3n) is 2.87. The molecule has 19 heavy (non-hydrogen) atoms. The molecule has 2 heterocycles. The topological polar surface area (TPSA) is 31.6 Å². The second-order valence-corrected chi connectivity index (χ2v) is 6.68. The minimum absolute atomic E-state index is 0. The summed E-state index contributed by atoms with van der Waals surface area (Å²) in [6, 6.07) is 6.25. The second-order valence-electron chi connectivity index (χ2n) is 6.68. The van der Waals surface area contributed by atoms with Gasteiger partial charge in [0.15, 0.2) is 0 Å². The van der Waals surface area contributed by atoms with Crippen molar-refractivity contribution < 1.29 is 0 Å². The highest BCUT2D eigenvalue weighted by molar-refractivity contribution is 5.17. The molecule has 2 aromatic heterocycles. The summed E-state index contributed by atoms with van der Waals surface area (Å²) in [4.78, 5) is 6.21. The van der Waals surface area contributed by atoms with Gasteiger partial charge < -0.3 is 9.97 Å². The molecule has 2 nitrogen and oxygen atoms in total. The Hall–Kier alpha value is -1.44. The Morgan fingerprint density at radius 1 is 0.842 bits per heavy atom. The van der Waals surface area contributed by atoms with Crippen molar-refractivity contribution in [1.82, 2.24) is 9.97 Å². The van der Waals surface area contributed by atoms with Gasteiger partial charge in [0.2, 0.25) is 0 Å². The summed E-state index contributed by atoms with van der Waals surface area (Å²) in [5, 5.41) is 0. The third-order valence-corrected chi connectivity index (χ3v) is 2.87. The molecule has 0 aliphatic heterocycles. The number of rotatable bonds is 0. The first-order valence-corrected chi connectivity index (χ1v) is 6.48. The van der Waals surface area contributed by atoms with Gasteiger partial charge in [-0.2, -0.15) is 0 Å². The molecule has 0 bridgehead atoms. The SMILES string of the molecule is C.CC(C)(C)c1cc[nH]c1.CC(C)(C)c1ccc[nH]1. The van der Waals surface area contributed by atoms with E-state index in [9.17, 15) is 0 Å². The zero-order valence-electron chi connectivity index (χ0n) is 12.5. The zero-order valence-corrected chi connectivity index (χ0v) is 12.5. The van der Waals surface area contributed by atoms with E-state index in [2.05, 4.69) is 63.6 Å². The molecule has 0 aromatic carbocycles. The summed E-state index contributed by atoms with van der Waals surface area (Å²) in [6.45, 7) is 13.2. The summed E-state index contributed by atoms with van der Waals surface area (Å²) in [5.41, 5.74) is 3.22. The first-order chi connectivity index (χ1) is 8.21. The molecule has 0 saturated heterocycles. The molecule has 2 heteroatoms. The van der Waals surface area contributed by atoms with E-state index < -0.39 is 0 Å². The summed E-state index contributed by atoms with van der Waals surface area (Å²) < 4.78 is 0. The van der Waals surface area contributed by atoms with Crippen LogP contribution in [0.4, 0.5) is 0 Å². The largest absolute Gasteiger partial charge is 0.367 e. The lowest BCUT2D eigenvalue weighted by Gasteiger charge is -2.15.